The first-order chi connectivity index (χ1) is 19.0. The molecule has 40 heavy (non-hydrogen) atoms. The lowest BCUT2D eigenvalue weighted by Crippen LogP contribution is -2.40. The monoisotopic (exact) mass is 547 g/mol. The fourth-order valence-corrected chi connectivity index (χ4v) is 4.82. The van der Waals surface area contributed by atoms with Gasteiger partial charge in [0.25, 0.3) is 5.91 Å². The maximum Gasteiger partial charge on any atom is 0.407 e. The van der Waals surface area contributed by atoms with Crippen molar-refractivity contribution in [2.75, 3.05) is 23.3 Å². The van der Waals surface area contributed by atoms with Crippen molar-refractivity contribution >= 4 is 34.4 Å². The second-order valence-electron chi connectivity index (χ2n) is 10.9. The third-order valence-corrected chi connectivity index (χ3v) is 6.56. The molecule has 208 valence electrons. The number of hydrogen-bond donors (Lipinski definition) is 2. The van der Waals surface area contributed by atoms with E-state index in [4.69, 9.17) is 4.74 Å². The molecule has 4 aromatic rings. The molecule has 8 nitrogen and oxygen atoms in total. The lowest BCUT2D eigenvalue weighted by Gasteiger charge is -2.22. The molecular weight excluding hydrogens is 516 g/mol. The lowest BCUT2D eigenvalue weighted by molar-refractivity contribution is 0.0508. The number of amides is 2. The van der Waals surface area contributed by atoms with Gasteiger partial charge in [-0.2, -0.15) is 0 Å². The summed E-state index contributed by atoms with van der Waals surface area (Å²) >= 11 is 0. The van der Waals surface area contributed by atoms with Crippen LogP contribution in [0.1, 0.15) is 43.2 Å². The summed E-state index contributed by atoms with van der Waals surface area (Å²) in [6.45, 7) is 7.01. The Hall–Kier alpha value is -4.47. The van der Waals surface area contributed by atoms with E-state index in [1.165, 1.54) is 24.3 Å². The first-order valence-electron chi connectivity index (χ1n) is 13.1. The summed E-state index contributed by atoms with van der Waals surface area (Å²) in [7, 11) is 0. The SMILES string of the molecule is CC(C)(C)OC(=O)N[C@@H]1CCN(c2ccc(NC(=O)c3cc4cc(F)ccc4n3Cc3cccc(F)c3)cn2)C1. The molecule has 2 aromatic heterocycles. The van der Waals surface area contributed by atoms with E-state index in [9.17, 15) is 18.4 Å². The van der Waals surface area contributed by atoms with E-state index >= 15 is 0 Å². The molecule has 0 unspecified atom stereocenters. The highest BCUT2D eigenvalue weighted by Gasteiger charge is 2.27. The number of nitrogens with zero attached hydrogens (tertiary/aromatic N) is 3. The molecule has 0 spiro atoms. The van der Waals surface area contributed by atoms with Gasteiger partial charge in [0.15, 0.2) is 0 Å². The number of aromatic nitrogens is 2. The van der Waals surface area contributed by atoms with E-state index in [1.54, 1.807) is 41.1 Å². The minimum Gasteiger partial charge on any atom is -0.444 e. The number of carbonyl (C=O) groups is 2. The second-order valence-corrected chi connectivity index (χ2v) is 10.9. The first-order valence-corrected chi connectivity index (χ1v) is 13.1. The molecule has 1 saturated heterocycles. The maximum atomic E-state index is 13.9. The number of anilines is 2. The molecule has 1 aliphatic heterocycles. The molecule has 0 bridgehead atoms. The van der Waals surface area contributed by atoms with Crippen molar-refractivity contribution in [2.45, 2.75) is 45.4 Å². The summed E-state index contributed by atoms with van der Waals surface area (Å²) in [5.41, 5.74) is 1.57. The van der Waals surface area contributed by atoms with Crippen LogP contribution in [0.15, 0.2) is 66.9 Å². The van der Waals surface area contributed by atoms with Crippen molar-refractivity contribution in [3.8, 4) is 0 Å². The average molecular weight is 548 g/mol. The van der Waals surface area contributed by atoms with Gasteiger partial charge in [-0.3, -0.25) is 4.79 Å². The molecule has 2 N–H and O–H groups in total. The Labute approximate surface area is 231 Å². The van der Waals surface area contributed by atoms with E-state index < -0.39 is 23.4 Å². The lowest BCUT2D eigenvalue weighted by atomic mass is 10.2. The molecule has 0 saturated carbocycles. The van der Waals surface area contributed by atoms with Crippen molar-refractivity contribution < 1.29 is 23.1 Å². The van der Waals surface area contributed by atoms with E-state index in [1.807, 2.05) is 26.8 Å². The third-order valence-electron chi connectivity index (χ3n) is 6.56. The maximum absolute atomic E-state index is 13.9. The van der Waals surface area contributed by atoms with Gasteiger partial charge in [-0.1, -0.05) is 12.1 Å². The van der Waals surface area contributed by atoms with E-state index in [2.05, 4.69) is 20.5 Å². The number of rotatable bonds is 6. The minimum atomic E-state index is -0.561. The largest absolute Gasteiger partial charge is 0.444 e. The Balaban J connectivity index is 1.28. The van der Waals surface area contributed by atoms with Crippen LogP contribution in [0.25, 0.3) is 10.9 Å². The van der Waals surface area contributed by atoms with Gasteiger partial charge < -0.3 is 24.8 Å². The molecule has 3 heterocycles. The van der Waals surface area contributed by atoms with Crippen LogP contribution >= 0.6 is 0 Å². The predicted octanol–water partition coefficient (Wildman–Crippen LogP) is 5.72. The molecule has 0 aliphatic carbocycles. The van der Waals surface area contributed by atoms with Gasteiger partial charge in [0.05, 0.1) is 17.9 Å². The smallest absolute Gasteiger partial charge is 0.407 e. The fourth-order valence-electron chi connectivity index (χ4n) is 4.82. The van der Waals surface area contributed by atoms with E-state index in [0.717, 1.165) is 18.8 Å². The van der Waals surface area contributed by atoms with Gasteiger partial charge in [0.1, 0.15) is 28.7 Å². The van der Waals surface area contributed by atoms with Crippen LogP contribution < -0.4 is 15.5 Å². The highest BCUT2D eigenvalue weighted by Crippen LogP contribution is 2.25. The molecule has 1 fully saturated rings. The highest BCUT2D eigenvalue weighted by atomic mass is 19.1. The molecule has 5 rings (SSSR count). The number of benzene rings is 2. The van der Waals surface area contributed by atoms with Gasteiger partial charge in [0.2, 0.25) is 0 Å². The Morgan fingerprint density at radius 2 is 1.85 bits per heavy atom. The first kappa shape index (κ1) is 27.1. The van der Waals surface area contributed by atoms with E-state index in [-0.39, 0.29) is 18.4 Å². The fraction of sp³-hybridized carbons (Fsp3) is 0.300. The van der Waals surface area contributed by atoms with Crippen LogP contribution in [0.4, 0.5) is 25.1 Å². The summed E-state index contributed by atoms with van der Waals surface area (Å²) in [5.74, 6) is -0.456. The van der Waals surface area contributed by atoms with Crippen molar-refractivity contribution in [2.24, 2.45) is 0 Å². The van der Waals surface area contributed by atoms with Gasteiger partial charge in [-0.05, 0) is 81.3 Å². The van der Waals surface area contributed by atoms with Crippen LogP contribution in [-0.4, -0.2) is 46.3 Å². The molecule has 2 amide bonds. The zero-order valence-corrected chi connectivity index (χ0v) is 22.6. The third kappa shape index (κ3) is 6.39. The van der Waals surface area contributed by atoms with Crippen LogP contribution in [0, 0.1) is 11.6 Å². The number of carbonyl (C=O) groups excluding carboxylic acids is 2. The highest BCUT2D eigenvalue weighted by molar-refractivity contribution is 6.06. The topological polar surface area (TPSA) is 88.5 Å². The van der Waals surface area contributed by atoms with E-state index in [0.29, 0.717) is 34.4 Å². The Morgan fingerprint density at radius 1 is 1.05 bits per heavy atom. The Kier molecular flexibility index (Phi) is 7.42. The predicted molar refractivity (Wildman–Crippen MR) is 150 cm³/mol. The zero-order chi connectivity index (χ0) is 28.4. The van der Waals surface area contributed by atoms with Crippen molar-refractivity contribution in [3.05, 3.63) is 89.8 Å². The molecule has 1 atom stereocenters. The van der Waals surface area contributed by atoms with Gasteiger partial charge in [-0.25, -0.2) is 18.6 Å². The van der Waals surface area contributed by atoms with Crippen LogP contribution in [0.5, 0.6) is 0 Å². The van der Waals surface area contributed by atoms with Gasteiger partial charge in [-0.15, -0.1) is 0 Å². The number of nitrogens with one attached hydrogen (secondary N) is 2. The molecule has 1 aliphatic rings. The van der Waals surface area contributed by atoms with Crippen LogP contribution in [0.2, 0.25) is 0 Å². The normalized spacial score (nSPS) is 15.3. The van der Waals surface area contributed by atoms with Gasteiger partial charge >= 0.3 is 6.09 Å². The number of hydrogen-bond acceptors (Lipinski definition) is 5. The Bertz CT molecular complexity index is 1550. The van der Waals surface area contributed by atoms with Crippen molar-refractivity contribution in [1.82, 2.24) is 14.9 Å². The van der Waals surface area contributed by atoms with Crippen LogP contribution in [-0.2, 0) is 11.3 Å². The quantitative estimate of drug-likeness (QED) is 0.323. The number of halogens is 2. The standard InChI is InChI=1S/C30H31F2N5O3/c1-30(2,3)40-29(39)35-24-11-12-36(18-24)27-10-8-23(16-33-27)34-28(38)26-15-20-14-22(32)7-9-25(20)37(26)17-19-5-4-6-21(31)13-19/h4-10,13-16,24H,11-12,17-18H2,1-3H3,(H,34,38)(H,35,39)/t24-/m1/s1. The summed E-state index contributed by atoms with van der Waals surface area (Å²) < 4.78 is 34.8. The number of pyridine rings is 1. The zero-order valence-electron chi connectivity index (χ0n) is 22.6. The van der Waals surface area contributed by atoms with Gasteiger partial charge in [0, 0.05) is 30.5 Å². The summed E-state index contributed by atoms with van der Waals surface area (Å²) in [6.07, 6.45) is 1.89. The number of fused-ring (bicyclic) bond motifs is 1. The summed E-state index contributed by atoms with van der Waals surface area (Å²) in [5, 5.41) is 6.33. The van der Waals surface area contributed by atoms with Crippen molar-refractivity contribution in [1.29, 1.82) is 0 Å². The molecule has 0 radical (unpaired) electrons. The summed E-state index contributed by atoms with van der Waals surface area (Å²) in [4.78, 5) is 32.0. The molecular formula is C30H31F2N5O3. The van der Waals surface area contributed by atoms with Crippen molar-refractivity contribution in [3.63, 3.8) is 0 Å². The number of alkyl carbamates (subject to hydrolysis) is 1. The Morgan fingerprint density at radius 3 is 2.58 bits per heavy atom. The number of ether oxygens (including phenoxy) is 1. The minimum absolute atomic E-state index is 0.0547. The van der Waals surface area contributed by atoms with Crippen LogP contribution in [0.3, 0.4) is 0 Å². The summed E-state index contributed by atoms with van der Waals surface area (Å²) in [6, 6.07) is 15.6. The molecule has 10 heteroatoms. The average Bonchev–Trinajstić information content (AvgIpc) is 3.48. The second kappa shape index (κ2) is 11.0. The molecule has 2 aromatic carbocycles.